The van der Waals surface area contributed by atoms with Gasteiger partial charge in [0.1, 0.15) is 32.0 Å². The van der Waals surface area contributed by atoms with Crippen LogP contribution in [0, 0.1) is 30.3 Å². The van der Waals surface area contributed by atoms with E-state index < -0.39 is 88.6 Å². The number of nitrogens with two attached hydrogens (primary N) is 1. The molecule has 2 aliphatic heterocycles. The van der Waals surface area contributed by atoms with E-state index in [2.05, 4.69) is 22.9 Å². The van der Waals surface area contributed by atoms with Crippen LogP contribution in [0.1, 0.15) is 36.0 Å². The lowest BCUT2D eigenvalue weighted by molar-refractivity contribution is -0.385. The summed E-state index contributed by atoms with van der Waals surface area (Å²) in [5.74, 6) is -2.01. The van der Waals surface area contributed by atoms with Gasteiger partial charge in [-0.2, -0.15) is 12.6 Å². The monoisotopic (exact) mass is 895 g/mol. The highest BCUT2D eigenvalue weighted by Crippen LogP contribution is 2.26. The molecule has 0 saturated carbocycles. The Morgan fingerprint density at radius 3 is 1.81 bits per heavy atom. The van der Waals surface area contributed by atoms with Crippen LogP contribution in [0.25, 0.3) is 0 Å². The first-order chi connectivity index (χ1) is 30.0. The molecule has 2 fully saturated rings. The first-order valence-electron chi connectivity index (χ1n) is 19.0. The van der Waals surface area contributed by atoms with Crippen LogP contribution < -0.4 is 11.1 Å². The molecule has 3 aromatic carbocycles. The van der Waals surface area contributed by atoms with Gasteiger partial charge in [-0.15, -0.1) is 4.99 Å². The average Bonchev–Trinajstić information content (AvgIpc) is 3.90. The van der Waals surface area contributed by atoms with Crippen LogP contribution in [0.15, 0.2) is 77.8 Å². The lowest BCUT2D eigenvalue weighted by atomic mass is 10.2. The van der Waals surface area contributed by atoms with Crippen molar-refractivity contribution in [3.8, 4) is 0 Å². The van der Waals surface area contributed by atoms with Gasteiger partial charge in [-0.3, -0.25) is 44.8 Å². The van der Waals surface area contributed by atoms with Crippen LogP contribution in [0.2, 0.25) is 0 Å². The average molecular weight is 896 g/mol. The predicted octanol–water partition coefficient (Wildman–Crippen LogP) is 3.18. The Balaban J connectivity index is 1.15. The molecule has 5 rings (SSSR count). The van der Waals surface area contributed by atoms with Crippen LogP contribution in [0.5, 0.6) is 0 Å². The fourth-order valence-electron chi connectivity index (χ4n) is 6.44. The molecule has 63 heavy (non-hydrogen) atoms. The van der Waals surface area contributed by atoms with Gasteiger partial charge in [0.25, 0.3) is 17.1 Å². The number of hydrogen-bond acceptors (Lipinski definition) is 16. The third-order valence-corrected chi connectivity index (χ3v) is 10.2. The third kappa shape index (κ3) is 13.0. The number of nitro groups is 3. The first kappa shape index (κ1) is 46.7. The van der Waals surface area contributed by atoms with Gasteiger partial charge in [0.15, 0.2) is 0 Å². The number of amides is 5. The molecule has 0 aliphatic carbocycles. The summed E-state index contributed by atoms with van der Waals surface area (Å²) in [6.45, 7) is -1.10. The van der Waals surface area contributed by atoms with E-state index in [9.17, 15) is 59.4 Å². The van der Waals surface area contributed by atoms with E-state index in [4.69, 9.17) is 19.9 Å². The Labute approximate surface area is 362 Å². The number of carbonyl (C=O) groups excluding carboxylic acids is 5. The number of nitrogens with one attached hydrogen (secondary N) is 1. The zero-order chi connectivity index (χ0) is 45.8. The molecule has 0 aromatic heterocycles. The molecule has 3 aromatic rings. The molecule has 1 unspecified atom stereocenters. The minimum Gasteiger partial charge on any atom is -0.445 e. The lowest BCUT2D eigenvalue weighted by Gasteiger charge is -2.27. The van der Waals surface area contributed by atoms with Crippen molar-refractivity contribution in [2.24, 2.45) is 10.7 Å². The Kier molecular flexibility index (Phi) is 15.8. The zero-order valence-electron chi connectivity index (χ0n) is 33.1. The van der Waals surface area contributed by atoms with Gasteiger partial charge >= 0.3 is 18.3 Å². The molecule has 334 valence electrons. The Morgan fingerprint density at radius 2 is 1.30 bits per heavy atom. The van der Waals surface area contributed by atoms with Gasteiger partial charge in [0.2, 0.25) is 17.8 Å². The van der Waals surface area contributed by atoms with Crippen LogP contribution in [0.3, 0.4) is 0 Å². The standard InChI is InChI=1S/C38H41N9O15S/c39-35(41-36(51)60-20-23-1-7-27(8-2-23)45(54)55)43(37(52)61-21-24-3-9-28(10-4-24)46(56)57)16-14-32(48)33(49)40-26-13-15-42(18-26)34(50)31-17-30(63)19-44(31)38(53)62-22-25-5-11-29(12-6-25)47(58)59/h1-12,26,30-32,48,63H,13-22H2,(H,40,49)(H2,39,41,51)/t26-,30-,31-,32?/m0/s1. The minimum atomic E-state index is -1.75. The summed E-state index contributed by atoms with van der Waals surface area (Å²) >= 11 is 4.46. The van der Waals surface area contributed by atoms with Crippen molar-refractivity contribution in [1.82, 2.24) is 20.0 Å². The second kappa shape index (κ2) is 21.4. The number of carbonyl (C=O) groups is 5. The van der Waals surface area contributed by atoms with E-state index >= 15 is 0 Å². The second-order valence-corrected chi connectivity index (χ2v) is 14.9. The summed E-state index contributed by atoms with van der Waals surface area (Å²) in [6.07, 6.45) is -4.87. The first-order valence-corrected chi connectivity index (χ1v) is 19.5. The molecule has 0 bridgehead atoms. The van der Waals surface area contributed by atoms with Crippen LogP contribution >= 0.6 is 12.6 Å². The van der Waals surface area contributed by atoms with Gasteiger partial charge in [0, 0.05) is 80.3 Å². The Bertz CT molecular complexity index is 2230. The maximum absolute atomic E-state index is 13.6. The quantitative estimate of drug-likeness (QED) is 0.0425. The number of guanidine groups is 1. The number of benzene rings is 3. The number of aliphatic imine (C=N–C) groups is 1. The van der Waals surface area contributed by atoms with E-state index in [-0.39, 0.29) is 61.6 Å². The van der Waals surface area contributed by atoms with E-state index in [1.807, 2.05) is 0 Å². The molecule has 2 aliphatic rings. The topological polar surface area (TPSA) is 323 Å². The van der Waals surface area contributed by atoms with Gasteiger partial charge in [0.05, 0.1) is 14.8 Å². The van der Waals surface area contributed by atoms with Crippen LogP contribution in [-0.2, 0) is 43.6 Å². The van der Waals surface area contributed by atoms with E-state index in [0.29, 0.717) is 28.0 Å². The maximum Gasteiger partial charge on any atom is 0.437 e. The highest BCUT2D eigenvalue weighted by Gasteiger charge is 2.43. The van der Waals surface area contributed by atoms with Crippen LogP contribution in [0.4, 0.5) is 31.4 Å². The molecular formula is C38H41N9O15S. The van der Waals surface area contributed by atoms with Crippen molar-refractivity contribution >= 4 is 65.7 Å². The smallest absolute Gasteiger partial charge is 0.437 e. The van der Waals surface area contributed by atoms with Crippen molar-refractivity contribution in [1.29, 1.82) is 0 Å². The number of aliphatic hydroxyl groups excluding tert-OH is 1. The summed E-state index contributed by atoms with van der Waals surface area (Å²) in [7, 11) is 0. The van der Waals surface area contributed by atoms with Gasteiger partial charge in [-0.05, 0) is 65.9 Å². The highest BCUT2D eigenvalue weighted by molar-refractivity contribution is 7.81. The van der Waals surface area contributed by atoms with Gasteiger partial charge in [-0.1, -0.05) is 0 Å². The minimum absolute atomic E-state index is 0.0411. The molecule has 4 atom stereocenters. The summed E-state index contributed by atoms with van der Waals surface area (Å²) in [5, 5.41) is 46.0. The molecule has 25 heteroatoms. The van der Waals surface area contributed by atoms with Gasteiger partial charge in [-0.25, -0.2) is 19.3 Å². The Morgan fingerprint density at radius 1 is 0.810 bits per heavy atom. The number of nitro benzene ring substituents is 3. The summed E-state index contributed by atoms with van der Waals surface area (Å²) < 4.78 is 15.7. The number of likely N-dealkylation sites (tertiary alicyclic amines) is 2. The summed E-state index contributed by atoms with van der Waals surface area (Å²) in [4.78, 5) is 104. The highest BCUT2D eigenvalue weighted by atomic mass is 32.1. The number of non-ortho nitro benzene ring substituents is 3. The molecule has 24 nitrogen and oxygen atoms in total. The molecule has 0 spiro atoms. The number of hydrogen-bond donors (Lipinski definition) is 4. The molecular weight excluding hydrogens is 855 g/mol. The fraction of sp³-hybridized carbons (Fsp3) is 0.368. The molecule has 2 saturated heterocycles. The molecule has 5 amide bonds. The van der Waals surface area contributed by atoms with Gasteiger partial charge < -0.3 is 35.3 Å². The summed E-state index contributed by atoms with van der Waals surface area (Å²) in [6, 6.07) is 14.1. The Hall–Kier alpha value is -7.41. The van der Waals surface area contributed by atoms with Crippen molar-refractivity contribution in [3.63, 3.8) is 0 Å². The number of thiol groups is 1. The second-order valence-electron chi connectivity index (χ2n) is 14.2. The molecule has 0 radical (unpaired) electrons. The maximum atomic E-state index is 13.6. The van der Waals surface area contributed by atoms with E-state index in [0.717, 1.165) is 0 Å². The predicted molar refractivity (Wildman–Crippen MR) is 220 cm³/mol. The fourth-order valence-corrected chi connectivity index (χ4v) is 6.82. The lowest BCUT2D eigenvalue weighted by Crippen LogP contribution is -2.49. The molecule has 2 heterocycles. The van der Waals surface area contributed by atoms with Crippen molar-refractivity contribution in [2.45, 2.75) is 62.5 Å². The van der Waals surface area contributed by atoms with Crippen molar-refractivity contribution in [3.05, 3.63) is 120 Å². The van der Waals surface area contributed by atoms with E-state index in [1.165, 1.54) is 82.6 Å². The third-order valence-electron chi connectivity index (χ3n) is 9.80. The SMILES string of the molecule is NC(=NC(=O)OCc1ccc([N+](=O)[O-])cc1)N(CCC(O)C(=O)N[C@H]1CCN(C(=O)[C@@H]2C[C@H](S)CN2C(=O)OCc2ccc([N+](=O)[O-])cc2)C1)C(=O)OCc1ccc([N+](=O)[O-])cc1. The number of aliphatic hydroxyl groups is 1. The van der Waals surface area contributed by atoms with Crippen molar-refractivity contribution in [2.75, 3.05) is 26.2 Å². The number of ether oxygens (including phenoxy) is 3. The van der Waals surface area contributed by atoms with Crippen molar-refractivity contribution < 1.29 is 58.1 Å². The zero-order valence-corrected chi connectivity index (χ0v) is 34.0. The van der Waals surface area contributed by atoms with Crippen LogP contribution in [-0.4, -0.2) is 120 Å². The normalized spacial score (nSPS) is 17.6. The number of rotatable bonds is 15. The molecule has 4 N–H and O–H groups in total. The van der Waals surface area contributed by atoms with E-state index in [1.54, 1.807) is 0 Å². The number of nitrogens with zero attached hydrogens (tertiary/aromatic N) is 7. The summed E-state index contributed by atoms with van der Waals surface area (Å²) in [5.41, 5.74) is 6.70. The largest absolute Gasteiger partial charge is 0.445 e.